The molecule has 0 radical (unpaired) electrons. The standard InChI is InChI=1S/C14H25NO2/c1-3-6-11(7-4-2)14(17)12-8-5-9-15-13(16)10-12/h11-12H,3-10H2,1-2H3,(H,15,16)/t12-/m0/s1. The van der Waals surface area contributed by atoms with E-state index in [-0.39, 0.29) is 17.7 Å². The SMILES string of the molecule is CCCC(CCC)C(=O)[C@H]1CCCNC(=O)C1. The molecule has 0 aromatic heterocycles. The molecule has 0 unspecified atom stereocenters. The van der Waals surface area contributed by atoms with Crippen LogP contribution in [-0.2, 0) is 9.59 Å². The number of carbonyl (C=O) groups excluding carboxylic acids is 2. The van der Waals surface area contributed by atoms with Crippen LogP contribution in [0.4, 0.5) is 0 Å². The maximum atomic E-state index is 12.4. The van der Waals surface area contributed by atoms with Crippen LogP contribution >= 0.6 is 0 Å². The molecule has 0 aliphatic carbocycles. The number of hydrogen-bond donors (Lipinski definition) is 1. The summed E-state index contributed by atoms with van der Waals surface area (Å²) < 4.78 is 0. The fourth-order valence-corrected chi connectivity index (χ4v) is 2.68. The molecule has 3 heteroatoms. The molecule has 0 aromatic rings. The van der Waals surface area contributed by atoms with E-state index in [1.165, 1.54) is 0 Å². The monoisotopic (exact) mass is 239 g/mol. The molecule has 1 N–H and O–H groups in total. The third kappa shape index (κ3) is 4.49. The largest absolute Gasteiger partial charge is 0.356 e. The van der Waals surface area contributed by atoms with Crippen LogP contribution in [-0.4, -0.2) is 18.2 Å². The highest BCUT2D eigenvalue weighted by Crippen LogP contribution is 2.24. The fraction of sp³-hybridized carbons (Fsp3) is 0.857. The van der Waals surface area contributed by atoms with Crippen LogP contribution in [0.25, 0.3) is 0 Å². The Labute approximate surface area is 104 Å². The molecule has 0 bridgehead atoms. The van der Waals surface area contributed by atoms with Gasteiger partial charge in [0.05, 0.1) is 0 Å². The van der Waals surface area contributed by atoms with E-state index in [9.17, 15) is 9.59 Å². The summed E-state index contributed by atoms with van der Waals surface area (Å²) in [5.41, 5.74) is 0. The average Bonchev–Trinajstić information content (AvgIpc) is 2.53. The number of hydrogen-bond acceptors (Lipinski definition) is 2. The van der Waals surface area contributed by atoms with E-state index in [0.717, 1.165) is 45.1 Å². The molecule has 0 saturated carbocycles. The lowest BCUT2D eigenvalue weighted by Crippen LogP contribution is -2.27. The van der Waals surface area contributed by atoms with E-state index in [0.29, 0.717) is 12.2 Å². The van der Waals surface area contributed by atoms with Crippen LogP contribution in [0.2, 0.25) is 0 Å². The van der Waals surface area contributed by atoms with Gasteiger partial charge in [0.1, 0.15) is 5.78 Å². The molecule has 17 heavy (non-hydrogen) atoms. The molecule has 0 spiro atoms. The Kier molecular flexibility index (Phi) is 6.23. The van der Waals surface area contributed by atoms with Gasteiger partial charge in [0, 0.05) is 24.8 Å². The van der Waals surface area contributed by atoms with Crippen molar-refractivity contribution in [3.05, 3.63) is 0 Å². The molecule has 1 fully saturated rings. The zero-order valence-corrected chi connectivity index (χ0v) is 11.1. The maximum absolute atomic E-state index is 12.4. The number of nitrogens with one attached hydrogen (secondary N) is 1. The second kappa shape index (κ2) is 7.46. The molecular formula is C14H25NO2. The zero-order valence-electron chi connectivity index (χ0n) is 11.1. The smallest absolute Gasteiger partial charge is 0.220 e. The third-order valence-corrected chi connectivity index (χ3v) is 3.56. The first-order valence-corrected chi connectivity index (χ1v) is 6.99. The molecule has 98 valence electrons. The van der Waals surface area contributed by atoms with Crippen LogP contribution < -0.4 is 5.32 Å². The van der Waals surface area contributed by atoms with Crippen molar-refractivity contribution in [2.75, 3.05) is 6.54 Å². The van der Waals surface area contributed by atoms with E-state index in [4.69, 9.17) is 0 Å². The quantitative estimate of drug-likeness (QED) is 0.774. The van der Waals surface area contributed by atoms with Crippen LogP contribution in [0.5, 0.6) is 0 Å². The minimum absolute atomic E-state index is 0.0272. The van der Waals surface area contributed by atoms with E-state index in [2.05, 4.69) is 19.2 Å². The summed E-state index contributed by atoms with van der Waals surface area (Å²) in [5.74, 6) is 0.542. The van der Waals surface area contributed by atoms with Crippen molar-refractivity contribution < 1.29 is 9.59 Å². The summed E-state index contributed by atoms with van der Waals surface area (Å²) >= 11 is 0. The van der Waals surface area contributed by atoms with Crippen LogP contribution in [0, 0.1) is 11.8 Å². The summed E-state index contributed by atoms with van der Waals surface area (Å²) in [7, 11) is 0. The van der Waals surface area contributed by atoms with Gasteiger partial charge in [-0.3, -0.25) is 9.59 Å². The van der Waals surface area contributed by atoms with Crippen molar-refractivity contribution in [3.8, 4) is 0 Å². The van der Waals surface area contributed by atoms with Gasteiger partial charge in [0.15, 0.2) is 0 Å². The number of carbonyl (C=O) groups is 2. The van der Waals surface area contributed by atoms with Gasteiger partial charge in [-0.2, -0.15) is 0 Å². The predicted molar refractivity (Wildman–Crippen MR) is 68.7 cm³/mol. The van der Waals surface area contributed by atoms with Gasteiger partial charge in [0.2, 0.25) is 5.91 Å². The Hall–Kier alpha value is -0.860. The lowest BCUT2D eigenvalue weighted by Gasteiger charge is -2.19. The lowest BCUT2D eigenvalue weighted by molar-refractivity contribution is -0.131. The normalized spacial score (nSPS) is 21.1. The number of Topliss-reactive ketones (excluding diaryl/α,β-unsaturated/α-hetero) is 1. The van der Waals surface area contributed by atoms with Gasteiger partial charge >= 0.3 is 0 Å². The summed E-state index contributed by atoms with van der Waals surface area (Å²) in [5, 5.41) is 2.84. The van der Waals surface area contributed by atoms with E-state index < -0.39 is 0 Å². The highest BCUT2D eigenvalue weighted by molar-refractivity contribution is 5.88. The van der Waals surface area contributed by atoms with Crippen LogP contribution in [0.3, 0.4) is 0 Å². The van der Waals surface area contributed by atoms with Crippen molar-refractivity contribution >= 4 is 11.7 Å². The first kappa shape index (κ1) is 14.2. The first-order chi connectivity index (χ1) is 8.19. The van der Waals surface area contributed by atoms with Gasteiger partial charge < -0.3 is 5.32 Å². The van der Waals surface area contributed by atoms with Gasteiger partial charge in [0.25, 0.3) is 0 Å². The van der Waals surface area contributed by atoms with E-state index in [1.807, 2.05) is 0 Å². The molecule has 1 rings (SSSR count). The van der Waals surface area contributed by atoms with Crippen LogP contribution in [0.1, 0.15) is 58.8 Å². The van der Waals surface area contributed by atoms with E-state index >= 15 is 0 Å². The molecule has 1 atom stereocenters. The Morgan fingerprint density at radius 3 is 2.59 bits per heavy atom. The van der Waals surface area contributed by atoms with Crippen molar-refractivity contribution in [3.63, 3.8) is 0 Å². The number of rotatable bonds is 6. The minimum atomic E-state index is -0.0272. The number of ketones is 1. The van der Waals surface area contributed by atoms with Gasteiger partial charge in [-0.15, -0.1) is 0 Å². The zero-order chi connectivity index (χ0) is 12.7. The van der Waals surface area contributed by atoms with Crippen molar-refractivity contribution in [1.82, 2.24) is 5.32 Å². The Balaban J connectivity index is 2.60. The third-order valence-electron chi connectivity index (χ3n) is 3.56. The van der Waals surface area contributed by atoms with Crippen molar-refractivity contribution in [1.29, 1.82) is 0 Å². The highest BCUT2D eigenvalue weighted by atomic mass is 16.2. The molecule has 0 aromatic carbocycles. The summed E-state index contributed by atoms with van der Waals surface area (Å²) in [4.78, 5) is 23.9. The predicted octanol–water partition coefficient (Wildman–Crippen LogP) is 2.69. The molecule has 3 nitrogen and oxygen atoms in total. The van der Waals surface area contributed by atoms with Gasteiger partial charge in [-0.1, -0.05) is 26.7 Å². The van der Waals surface area contributed by atoms with E-state index in [1.54, 1.807) is 0 Å². The summed E-state index contributed by atoms with van der Waals surface area (Å²) in [6, 6.07) is 0. The number of amides is 1. The Morgan fingerprint density at radius 2 is 2.00 bits per heavy atom. The van der Waals surface area contributed by atoms with Crippen molar-refractivity contribution in [2.45, 2.75) is 58.8 Å². The summed E-state index contributed by atoms with van der Waals surface area (Å²) in [6.45, 7) is 4.97. The van der Waals surface area contributed by atoms with Crippen LogP contribution in [0.15, 0.2) is 0 Å². The lowest BCUT2D eigenvalue weighted by atomic mass is 9.83. The van der Waals surface area contributed by atoms with Gasteiger partial charge in [-0.25, -0.2) is 0 Å². The first-order valence-electron chi connectivity index (χ1n) is 6.99. The molecule has 1 aliphatic heterocycles. The molecule has 1 saturated heterocycles. The molecular weight excluding hydrogens is 214 g/mol. The molecule has 1 heterocycles. The topological polar surface area (TPSA) is 46.2 Å². The maximum Gasteiger partial charge on any atom is 0.220 e. The van der Waals surface area contributed by atoms with Crippen molar-refractivity contribution in [2.24, 2.45) is 11.8 Å². The molecule has 1 amide bonds. The minimum Gasteiger partial charge on any atom is -0.356 e. The Morgan fingerprint density at radius 1 is 1.35 bits per heavy atom. The summed E-state index contributed by atoms with van der Waals surface area (Å²) in [6.07, 6.45) is 6.28. The molecule has 1 aliphatic rings. The fourth-order valence-electron chi connectivity index (χ4n) is 2.68. The Bertz CT molecular complexity index is 257. The second-order valence-corrected chi connectivity index (χ2v) is 5.07. The average molecular weight is 239 g/mol. The highest BCUT2D eigenvalue weighted by Gasteiger charge is 2.28. The van der Waals surface area contributed by atoms with Gasteiger partial charge in [-0.05, 0) is 25.7 Å². The second-order valence-electron chi connectivity index (χ2n) is 5.07.